The van der Waals surface area contributed by atoms with Gasteiger partial charge in [0.25, 0.3) is 0 Å². The molecule has 1 aromatic carbocycles. The molecule has 0 amide bonds. The fourth-order valence-corrected chi connectivity index (χ4v) is 2.59. The smallest absolute Gasteiger partial charge is 0.298 e. The molecule has 7 heteroatoms. The second-order valence-corrected chi connectivity index (χ2v) is 5.12. The van der Waals surface area contributed by atoms with Gasteiger partial charge in [0.2, 0.25) is 5.92 Å². The molecule has 0 spiro atoms. The topological polar surface area (TPSA) is 17.1 Å². The lowest BCUT2D eigenvalue weighted by molar-refractivity contribution is -0.273. The highest BCUT2D eigenvalue weighted by Gasteiger charge is 2.60. The van der Waals surface area contributed by atoms with E-state index in [0.717, 1.165) is 30.4 Å². The van der Waals surface area contributed by atoms with Crippen molar-refractivity contribution in [1.29, 1.82) is 0 Å². The molecule has 1 aromatic rings. The summed E-state index contributed by atoms with van der Waals surface area (Å²) in [4.78, 5) is 11.5. The number of alkyl halides is 6. The number of hydrogen-bond acceptors (Lipinski definition) is 1. The number of benzene rings is 1. The van der Waals surface area contributed by atoms with Crippen LogP contribution in [0.1, 0.15) is 23.1 Å². The van der Waals surface area contributed by atoms with Crippen LogP contribution in [0.2, 0.25) is 0 Å². The Kier molecular flexibility index (Phi) is 4.04. The lowest BCUT2D eigenvalue weighted by Crippen LogP contribution is -2.43. The summed E-state index contributed by atoms with van der Waals surface area (Å²) in [5.41, 5.74) is 2.13. The molecule has 0 bridgehead atoms. The van der Waals surface area contributed by atoms with Crippen LogP contribution in [0.25, 0.3) is 0 Å². The number of ketones is 1. The van der Waals surface area contributed by atoms with Crippen molar-refractivity contribution < 1.29 is 31.1 Å². The van der Waals surface area contributed by atoms with Crippen molar-refractivity contribution in [3.8, 4) is 0 Å². The van der Waals surface area contributed by atoms with Gasteiger partial charge in [0.15, 0.2) is 5.78 Å². The maximum atomic E-state index is 12.4. The van der Waals surface area contributed by atoms with E-state index in [4.69, 9.17) is 0 Å². The molecule has 0 unspecified atom stereocenters. The minimum Gasteiger partial charge on any atom is -0.298 e. The van der Waals surface area contributed by atoms with Crippen molar-refractivity contribution in [3.63, 3.8) is 0 Å². The molecule has 2 rings (SSSR count). The van der Waals surface area contributed by atoms with E-state index in [1.165, 1.54) is 12.1 Å². The highest BCUT2D eigenvalue weighted by Crippen LogP contribution is 2.40. The molecular formula is C14H12F6O. The molecule has 0 aliphatic heterocycles. The zero-order valence-electron chi connectivity index (χ0n) is 10.8. The van der Waals surface area contributed by atoms with Crippen molar-refractivity contribution >= 4 is 5.78 Å². The van der Waals surface area contributed by atoms with Crippen LogP contribution < -0.4 is 0 Å². The second-order valence-electron chi connectivity index (χ2n) is 5.12. The summed E-state index contributed by atoms with van der Waals surface area (Å²) in [7, 11) is 0. The maximum absolute atomic E-state index is 12.4. The van der Waals surface area contributed by atoms with Crippen molar-refractivity contribution in [3.05, 3.63) is 34.9 Å². The van der Waals surface area contributed by atoms with E-state index in [1.54, 1.807) is 6.07 Å². The van der Waals surface area contributed by atoms with Gasteiger partial charge in [0.05, 0.1) is 0 Å². The first-order valence-corrected chi connectivity index (χ1v) is 6.36. The van der Waals surface area contributed by atoms with E-state index < -0.39 is 30.5 Å². The minimum absolute atomic E-state index is 0.194. The van der Waals surface area contributed by atoms with Gasteiger partial charge >= 0.3 is 12.4 Å². The monoisotopic (exact) mass is 310 g/mol. The Morgan fingerprint density at radius 1 is 1.00 bits per heavy atom. The Hall–Kier alpha value is -1.53. The van der Waals surface area contributed by atoms with E-state index >= 15 is 0 Å². The summed E-state index contributed by atoms with van der Waals surface area (Å²) in [5.74, 6) is -5.79. The molecule has 0 heterocycles. The molecule has 21 heavy (non-hydrogen) atoms. The Labute approximate surface area is 116 Å². The second kappa shape index (κ2) is 5.35. The molecule has 0 fully saturated rings. The summed E-state index contributed by atoms with van der Waals surface area (Å²) in [5, 5.41) is 0. The van der Waals surface area contributed by atoms with Crippen LogP contribution in [0.3, 0.4) is 0 Å². The Morgan fingerprint density at radius 2 is 1.57 bits per heavy atom. The number of carbonyl (C=O) groups excluding carboxylic acids is 1. The van der Waals surface area contributed by atoms with Crippen LogP contribution in [0.4, 0.5) is 26.3 Å². The molecule has 0 atom stereocenters. The van der Waals surface area contributed by atoms with Crippen LogP contribution in [0.15, 0.2) is 18.2 Å². The highest BCUT2D eigenvalue weighted by atomic mass is 19.4. The van der Waals surface area contributed by atoms with Crippen LogP contribution in [-0.4, -0.2) is 18.1 Å². The standard InChI is InChI=1S/C14H12F6O/c15-13(16,17)12(14(18,19)20)11(21)7-8-4-5-9-2-1-3-10(9)6-8/h4-6,12H,1-3,7H2. The molecular weight excluding hydrogens is 298 g/mol. The normalized spacial score (nSPS) is 15.4. The van der Waals surface area contributed by atoms with E-state index in [2.05, 4.69) is 0 Å². The molecule has 0 saturated heterocycles. The summed E-state index contributed by atoms with van der Waals surface area (Å²) < 4.78 is 74.7. The highest BCUT2D eigenvalue weighted by molar-refractivity contribution is 5.84. The quantitative estimate of drug-likeness (QED) is 0.771. The van der Waals surface area contributed by atoms with Crippen LogP contribution in [-0.2, 0) is 24.1 Å². The summed E-state index contributed by atoms with van der Waals surface area (Å²) >= 11 is 0. The van der Waals surface area contributed by atoms with Gasteiger partial charge in [-0.1, -0.05) is 18.2 Å². The van der Waals surface area contributed by atoms with Crippen LogP contribution >= 0.6 is 0 Å². The number of hydrogen-bond donors (Lipinski definition) is 0. The third-order valence-corrected chi connectivity index (χ3v) is 3.52. The summed E-state index contributed by atoms with van der Waals surface area (Å²) in [6.45, 7) is 0. The van der Waals surface area contributed by atoms with E-state index in [9.17, 15) is 31.1 Å². The zero-order valence-corrected chi connectivity index (χ0v) is 10.8. The fraction of sp³-hybridized carbons (Fsp3) is 0.500. The van der Waals surface area contributed by atoms with Gasteiger partial charge in [-0.25, -0.2) is 0 Å². The molecule has 116 valence electrons. The number of carbonyl (C=O) groups is 1. The van der Waals surface area contributed by atoms with Crippen molar-refractivity contribution in [1.82, 2.24) is 0 Å². The van der Waals surface area contributed by atoms with Gasteiger partial charge in [-0.2, -0.15) is 26.3 Å². The fourth-order valence-electron chi connectivity index (χ4n) is 2.59. The van der Waals surface area contributed by atoms with E-state index in [-0.39, 0.29) is 5.56 Å². The molecule has 0 radical (unpaired) electrons. The van der Waals surface area contributed by atoms with E-state index in [0.29, 0.717) is 0 Å². The number of rotatable bonds is 3. The molecule has 0 saturated carbocycles. The van der Waals surface area contributed by atoms with Gasteiger partial charge in [0.1, 0.15) is 0 Å². The predicted molar refractivity (Wildman–Crippen MR) is 62.8 cm³/mol. The Balaban J connectivity index is 2.19. The van der Waals surface area contributed by atoms with E-state index in [1.807, 2.05) is 0 Å². The summed E-state index contributed by atoms with van der Waals surface area (Å²) in [6.07, 6.45) is -9.62. The number of halogens is 6. The molecule has 0 N–H and O–H groups in total. The predicted octanol–water partition coefficient (Wildman–Crippen LogP) is 4.03. The van der Waals surface area contributed by atoms with Crippen molar-refractivity contribution in [2.24, 2.45) is 5.92 Å². The SMILES string of the molecule is O=C(Cc1ccc2c(c1)CCC2)C(C(F)(F)F)C(F)(F)F. The van der Waals surface area contributed by atoms with Crippen molar-refractivity contribution in [2.75, 3.05) is 0 Å². The number of Topliss-reactive ketones (excluding diaryl/α,β-unsaturated/α-hetero) is 1. The van der Waals surface area contributed by atoms with Crippen LogP contribution in [0.5, 0.6) is 0 Å². The van der Waals surface area contributed by atoms with Crippen LogP contribution in [0, 0.1) is 5.92 Å². The minimum atomic E-state index is -5.62. The zero-order chi connectivity index (χ0) is 15.8. The maximum Gasteiger partial charge on any atom is 0.407 e. The van der Waals surface area contributed by atoms with Gasteiger partial charge in [-0.3, -0.25) is 4.79 Å². The Bertz CT molecular complexity index is 529. The largest absolute Gasteiger partial charge is 0.407 e. The van der Waals surface area contributed by atoms with Gasteiger partial charge in [-0.15, -0.1) is 0 Å². The third-order valence-electron chi connectivity index (χ3n) is 3.52. The average Bonchev–Trinajstić information content (AvgIpc) is 2.71. The molecule has 1 aliphatic carbocycles. The van der Waals surface area contributed by atoms with Gasteiger partial charge in [-0.05, 0) is 36.0 Å². The lowest BCUT2D eigenvalue weighted by atomic mass is 9.95. The summed E-state index contributed by atoms with van der Waals surface area (Å²) in [6, 6.07) is 4.62. The molecule has 1 nitrogen and oxygen atoms in total. The first-order valence-electron chi connectivity index (χ1n) is 6.36. The average molecular weight is 310 g/mol. The Morgan fingerprint density at radius 3 is 2.14 bits per heavy atom. The number of aryl methyl sites for hydroxylation is 2. The molecule has 1 aliphatic rings. The third kappa shape index (κ3) is 3.57. The molecule has 0 aromatic heterocycles. The number of fused-ring (bicyclic) bond motifs is 1. The van der Waals surface area contributed by atoms with Crippen molar-refractivity contribution in [2.45, 2.75) is 38.0 Å². The first-order chi connectivity index (χ1) is 9.59. The lowest BCUT2D eigenvalue weighted by Gasteiger charge is -2.21. The van der Waals surface area contributed by atoms with Gasteiger partial charge < -0.3 is 0 Å². The van der Waals surface area contributed by atoms with Gasteiger partial charge in [0, 0.05) is 6.42 Å². The first kappa shape index (κ1) is 15.9.